The van der Waals surface area contributed by atoms with Gasteiger partial charge in [0, 0.05) is 13.1 Å². The third-order valence-electron chi connectivity index (χ3n) is 4.69. The number of hydrogen-bond acceptors (Lipinski definition) is 5. The lowest BCUT2D eigenvalue weighted by atomic mass is 10.2. The van der Waals surface area contributed by atoms with E-state index in [0.717, 1.165) is 25.7 Å². The van der Waals surface area contributed by atoms with E-state index in [-0.39, 0.29) is 25.8 Å². The monoisotopic (exact) mass is 477 g/mol. The fourth-order valence-corrected chi connectivity index (χ4v) is 6.65. The molecule has 1 fully saturated rings. The number of pyridine rings is 1. The molecule has 158 valence electrons. The van der Waals surface area contributed by atoms with E-state index in [1.807, 2.05) is 0 Å². The molecule has 11 heteroatoms. The number of anilines is 1. The van der Waals surface area contributed by atoms with Gasteiger partial charge in [-0.25, -0.2) is 21.8 Å². The van der Waals surface area contributed by atoms with Gasteiger partial charge in [-0.3, -0.25) is 4.72 Å². The summed E-state index contributed by atoms with van der Waals surface area (Å²) in [4.78, 5) is 3.57. The van der Waals surface area contributed by atoms with E-state index in [1.165, 1.54) is 28.6 Å². The van der Waals surface area contributed by atoms with Gasteiger partial charge in [0.05, 0.1) is 10.6 Å². The van der Waals surface area contributed by atoms with Crippen molar-refractivity contribution in [3.8, 4) is 0 Å². The molecule has 0 saturated carbocycles. The zero-order chi connectivity index (χ0) is 21.2. The molecule has 0 amide bonds. The topological polar surface area (TPSA) is 96.4 Å². The van der Waals surface area contributed by atoms with E-state index in [0.29, 0.717) is 18.7 Å². The summed E-state index contributed by atoms with van der Waals surface area (Å²) in [6, 6.07) is 6.97. The van der Waals surface area contributed by atoms with E-state index in [9.17, 15) is 16.8 Å². The van der Waals surface area contributed by atoms with Gasteiger partial charge in [-0.2, -0.15) is 4.31 Å². The van der Waals surface area contributed by atoms with Crippen LogP contribution >= 0.6 is 23.2 Å². The summed E-state index contributed by atoms with van der Waals surface area (Å²) >= 11 is 11.6. The van der Waals surface area contributed by atoms with Gasteiger partial charge < -0.3 is 0 Å². The molecular weight excluding hydrogens is 457 g/mol. The van der Waals surface area contributed by atoms with Crippen LogP contribution in [0.1, 0.15) is 31.2 Å². The highest BCUT2D eigenvalue weighted by molar-refractivity contribution is 7.92. The molecule has 0 aliphatic carbocycles. The Labute approximate surface area is 181 Å². The highest BCUT2D eigenvalue weighted by atomic mass is 35.5. The van der Waals surface area contributed by atoms with E-state index in [1.54, 1.807) is 13.0 Å². The third kappa shape index (κ3) is 5.03. The smallest absolute Gasteiger partial charge is 0.264 e. The first-order chi connectivity index (χ1) is 13.6. The van der Waals surface area contributed by atoms with Crippen molar-refractivity contribution in [3.63, 3.8) is 0 Å². The average Bonchev–Trinajstić information content (AvgIpc) is 2.92. The van der Waals surface area contributed by atoms with Gasteiger partial charge in [0.1, 0.15) is 10.0 Å². The van der Waals surface area contributed by atoms with E-state index < -0.39 is 20.0 Å². The van der Waals surface area contributed by atoms with E-state index in [4.69, 9.17) is 23.2 Å². The summed E-state index contributed by atoms with van der Waals surface area (Å²) < 4.78 is 55.5. The van der Waals surface area contributed by atoms with E-state index in [2.05, 4.69) is 9.71 Å². The van der Waals surface area contributed by atoms with Crippen LogP contribution in [-0.2, 0) is 20.0 Å². The van der Waals surface area contributed by atoms with Crippen molar-refractivity contribution in [3.05, 3.63) is 46.2 Å². The molecule has 29 heavy (non-hydrogen) atoms. The number of nitrogens with zero attached hydrogens (tertiary/aromatic N) is 2. The molecular formula is C18H21Cl2N3O4S2. The Bertz CT molecular complexity index is 1110. The molecule has 1 aliphatic rings. The van der Waals surface area contributed by atoms with Crippen molar-refractivity contribution in [2.24, 2.45) is 0 Å². The predicted molar refractivity (Wildman–Crippen MR) is 113 cm³/mol. The van der Waals surface area contributed by atoms with Gasteiger partial charge in [-0.1, -0.05) is 42.1 Å². The maximum absolute atomic E-state index is 13.1. The zero-order valence-corrected chi connectivity index (χ0v) is 18.9. The lowest BCUT2D eigenvalue weighted by molar-refractivity contribution is 0.423. The first-order valence-electron chi connectivity index (χ1n) is 9.07. The molecule has 0 unspecified atom stereocenters. The Hall–Kier alpha value is -1.39. The second-order valence-electron chi connectivity index (χ2n) is 6.83. The Morgan fingerprint density at radius 3 is 2.21 bits per heavy atom. The molecule has 1 N–H and O–H groups in total. The van der Waals surface area contributed by atoms with Crippen LogP contribution in [0.15, 0.2) is 40.1 Å². The lowest BCUT2D eigenvalue weighted by Crippen LogP contribution is -2.32. The lowest BCUT2D eigenvalue weighted by Gasteiger charge is -2.21. The molecule has 0 bridgehead atoms. The summed E-state index contributed by atoms with van der Waals surface area (Å²) in [6.45, 7) is 2.61. The largest absolute Gasteiger partial charge is 0.279 e. The Balaban J connectivity index is 1.94. The van der Waals surface area contributed by atoms with Crippen molar-refractivity contribution < 1.29 is 16.8 Å². The van der Waals surface area contributed by atoms with Crippen LogP contribution in [0.2, 0.25) is 10.3 Å². The van der Waals surface area contributed by atoms with Crippen LogP contribution < -0.4 is 4.72 Å². The van der Waals surface area contributed by atoms with Crippen molar-refractivity contribution in [1.82, 2.24) is 9.29 Å². The van der Waals surface area contributed by atoms with Crippen LogP contribution in [0, 0.1) is 6.92 Å². The van der Waals surface area contributed by atoms with Crippen molar-refractivity contribution in [2.75, 3.05) is 17.8 Å². The summed E-state index contributed by atoms with van der Waals surface area (Å²) in [7, 11) is -7.81. The molecule has 2 heterocycles. The molecule has 1 saturated heterocycles. The van der Waals surface area contributed by atoms with Crippen LogP contribution in [0.25, 0.3) is 0 Å². The predicted octanol–water partition coefficient (Wildman–Crippen LogP) is 4.06. The number of benzene rings is 1. The SMILES string of the molecule is Cc1ccc(NS(=O)(=O)c2ccc(Cl)nc2Cl)cc1S(=O)(=O)N1CCCCCC1. The van der Waals surface area contributed by atoms with Crippen molar-refractivity contribution in [1.29, 1.82) is 0 Å². The van der Waals surface area contributed by atoms with Gasteiger partial charge >= 0.3 is 0 Å². The number of sulfonamides is 2. The van der Waals surface area contributed by atoms with E-state index >= 15 is 0 Å². The minimum absolute atomic E-state index is 0.0649. The van der Waals surface area contributed by atoms with Gasteiger partial charge in [-0.15, -0.1) is 0 Å². The molecule has 2 aromatic rings. The maximum Gasteiger partial charge on any atom is 0.264 e. The number of halogens is 2. The third-order valence-corrected chi connectivity index (χ3v) is 8.76. The fraction of sp³-hybridized carbons (Fsp3) is 0.389. The molecule has 1 aromatic carbocycles. The highest BCUT2D eigenvalue weighted by Crippen LogP contribution is 2.28. The Morgan fingerprint density at radius 2 is 1.59 bits per heavy atom. The number of aromatic nitrogens is 1. The van der Waals surface area contributed by atoms with Crippen molar-refractivity contribution in [2.45, 2.75) is 42.4 Å². The Morgan fingerprint density at radius 1 is 0.931 bits per heavy atom. The van der Waals surface area contributed by atoms with Crippen LogP contribution in [0.4, 0.5) is 5.69 Å². The zero-order valence-electron chi connectivity index (χ0n) is 15.7. The summed E-state index contributed by atoms with van der Waals surface area (Å²) in [5, 5.41) is -0.204. The minimum Gasteiger partial charge on any atom is -0.279 e. The second kappa shape index (κ2) is 8.77. The molecule has 1 aromatic heterocycles. The van der Waals surface area contributed by atoms with Crippen molar-refractivity contribution >= 4 is 48.9 Å². The maximum atomic E-state index is 13.1. The van der Waals surface area contributed by atoms with Gasteiger partial charge in [0.25, 0.3) is 10.0 Å². The normalized spacial score (nSPS) is 16.4. The Kier molecular flexibility index (Phi) is 6.74. The number of hydrogen-bond donors (Lipinski definition) is 1. The first kappa shape index (κ1) is 22.3. The minimum atomic E-state index is -4.08. The number of aryl methyl sites for hydroxylation is 1. The molecule has 3 rings (SSSR count). The molecule has 0 spiro atoms. The summed E-state index contributed by atoms with van der Waals surface area (Å²) in [5.41, 5.74) is 0.665. The summed E-state index contributed by atoms with van der Waals surface area (Å²) in [5.74, 6) is 0. The molecule has 0 atom stereocenters. The second-order valence-corrected chi connectivity index (χ2v) is 11.1. The van der Waals surface area contributed by atoms with Crippen LogP contribution in [-0.4, -0.2) is 39.2 Å². The standard InChI is InChI=1S/C18H21Cl2N3O4S2/c1-13-6-7-14(22-28(24,25)15-8-9-17(19)21-18(15)20)12-16(13)29(26,27)23-10-4-2-3-5-11-23/h6-9,12,22H,2-5,10-11H2,1H3. The van der Waals surface area contributed by atoms with Gasteiger partial charge in [0.15, 0.2) is 5.15 Å². The summed E-state index contributed by atoms with van der Waals surface area (Å²) in [6.07, 6.45) is 3.63. The quantitative estimate of drug-likeness (QED) is 0.654. The fourth-order valence-electron chi connectivity index (χ4n) is 3.17. The number of rotatable bonds is 5. The van der Waals surface area contributed by atoms with Crippen LogP contribution in [0.5, 0.6) is 0 Å². The average molecular weight is 478 g/mol. The molecule has 1 aliphatic heterocycles. The van der Waals surface area contributed by atoms with Gasteiger partial charge in [-0.05, 0) is 49.6 Å². The molecule has 7 nitrogen and oxygen atoms in total. The first-order valence-corrected chi connectivity index (χ1v) is 12.7. The van der Waals surface area contributed by atoms with Gasteiger partial charge in [0.2, 0.25) is 10.0 Å². The van der Waals surface area contributed by atoms with Crippen LogP contribution in [0.3, 0.4) is 0 Å². The highest BCUT2D eigenvalue weighted by Gasteiger charge is 2.28. The molecule has 0 radical (unpaired) electrons. The number of nitrogens with one attached hydrogen (secondary N) is 1.